The van der Waals surface area contributed by atoms with E-state index in [0.717, 1.165) is 27.9 Å². The van der Waals surface area contributed by atoms with Crippen molar-refractivity contribution in [1.29, 1.82) is 0 Å². The number of anilines is 2. The van der Waals surface area contributed by atoms with Crippen molar-refractivity contribution in [1.82, 2.24) is 14.4 Å². The van der Waals surface area contributed by atoms with E-state index in [1.165, 1.54) is 11.3 Å². The molecule has 0 atom stereocenters. The second-order valence-electron chi connectivity index (χ2n) is 5.12. The maximum absolute atomic E-state index is 10.9. The summed E-state index contributed by atoms with van der Waals surface area (Å²) in [6.45, 7) is 0. The van der Waals surface area contributed by atoms with Gasteiger partial charge < -0.3 is 10.4 Å². The summed E-state index contributed by atoms with van der Waals surface area (Å²) in [6, 6.07) is 12.4. The van der Waals surface area contributed by atoms with Crippen LogP contribution >= 0.6 is 11.3 Å². The summed E-state index contributed by atoms with van der Waals surface area (Å²) in [5.74, 6) is -0.939. The number of thiazole rings is 1. The Balaban J connectivity index is 1.59. The van der Waals surface area contributed by atoms with E-state index in [-0.39, 0.29) is 5.56 Å². The van der Waals surface area contributed by atoms with Crippen molar-refractivity contribution in [2.24, 2.45) is 0 Å². The molecule has 0 bridgehead atoms. The number of benzene rings is 1. The number of imidazole rings is 1. The van der Waals surface area contributed by atoms with Gasteiger partial charge in [-0.05, 0) is 36.4 Å². The number of hydrogen-bond donors (Lipinski definition) is 2. The van der Waals surface area contributed by atoms with Crippen molar-refractivity contribution in [3.63, 3.8) is 0 Å². The van der Waals surface area contributed by atoms with Crippen molar-refractivity contribution in [3.05, 3.63) is 65.8 Å². The Morgan fingerprint density at radius 3 is 2.79 bits per heavy atom. The number of carbonyl (C=O) groups is 1. The van der Waals surface area contributed by atoms with Gasteiger partial charge in [-0.15, -0.1) is 11.3 Å². The van der Waals surface area contributed by atoms with Crippen molar-refractivity contribution in [2.45, 2.75) is 0 Å². The molecule has 24 heavy (non-hydrogen) atoms. The Hall–Kier alpha value is -3.19. The summed E-state index contributed by atoms with van der Waals surface area (Å²) in [5.41, 5.74) is 3.68. The fourth-order valence-electron chi connectivity index (χ4n) is 2.39. The predicted molar refractivity (Wildman–Crippen MR) is 93.0 cm³/mol. The van der Waals surface area contributed by atoms with Crippen molar-refractivity contribution >= 4 is 33.8 Å². The van der Waals surface area contributed by atoms with E-state index in [4.69, 9.17) is 5.11 Å². The van der Waals surface area contributed by atoms with Gasteiger partial charge in [0.05, 0.1) is 17.5 Å². The first-order valence-corrected chi connectivity index (χ1v) is 8.07. The minimum Gasteiger partial charge on any atom is -0.478 e. The lowest BCUT2D eigenvalue weighted by atomic mass is 10.2. The van der Waals surface area contributed by atoms with Crippen molar-refractivity contribution in [3.8, 4) is 11.4 Å². The SMILES string of the molecule is O=C(O)c1ccc(Nc2nc(-c3cnc4ccccn34)cs2)cc1. The molecule has 0 aliphatic heterocycles. The summed E-state index contributed by atoms with van der Waals surface area (Å²) >= 11 is 1.48. The topological polar surface area (TPSA) is 79.5 Å². The molecule has 0 fully saturated rings. The Bertz CT molecular complexity index is 1020. The number of nitrogens with zero attached hydrogens (tertiary/aromatic N) is 3. The second-order valence-corrected chi connectivity index (χ2v) is 5.98. The van der Waals surface area contributed by atoms with Crippen LogP contribution in [0.1, 0.15) is 10.4 Å². The quantitative estimate of drug-likeness (QED) is 0.591. The van der Waals surface area contributed by atoms with Crippen LogP contribution in [0.4, 0.5) is 10.8 Å². The van der Waals surface area contributed by atoms with E-state index < -0.39 is 5.97 Å². The molecule has 3 aromatic heterocycles. The maximum atomic E-state index is 10.9. The molecule has 6 nitrogen and oxygen atoms in total. The van der Waals surface area contributed by atoms with Gasteiger partial charge in [-0.25, -0.2) is 14.8 Å². The lowest BCUT2D eigenvalue weighted by molar-refractivity contribution is 0.0697. The van der Waals surface area contributed by atoms with E-state index in [0.29, 0.717) is 0 Å². The average molecular weight is 336 g/mol. The molecular formula is C17H12N4O2S. The highest BCUT2D eigenvalue weighted by Gasteiger charge is 2.10. The average Bonchev–Trinajstić information content (AvgIpc) is 3.22. The molecule has 0 radical (unpaired) electrons. The first-order chi connectivity index (χ1) is 11.7. The van der Waals surface area contributed by atoms with Crippen LogP contribution in [0.3, 0.4) is 0 Å². The smallest absolute Gasteiger partial charge is 0.335 e. The lowest BCUT2D eigenvalue weighted by Gasteiger charge is -2.02. The number of carboxylic acid groups (broad SMARTS) is 1. The third kappa shape index (κ3) is 2.61. The molecule has 0 unspecified atom stereocenters. The second kappa shape index (κ2) is 5.78. The van der Waals surface area contributed by atoms with Crippen LogP contribution in [0.15, 0.2) is 60.2 Å². The number of nitrogens with one attached hydrogen (secondary N) is 1. The van der Waals surface area contributed by atoms with Crippen LogP contribution < -0.4 is 5.32 Å². The zero-order valence-corrected chi connectivity index (χ0v) is 13.2. The van der Waals surface area contributed by atoms with E-state index >= 15 is 0 Å². The molecule has 0 aliphatic carbocycles. The van der Waals surface area contributed by atoms with Gasteiger partial charge in [-0.3, -0.25) is 4.40 Å². The van der Waals surface area contributed by atoms with Gasteiger partial charge in [0.1, 0.15) is 11.3 Å². The number of fused-ring (bicyclic) bond motifs is 1. The molecule has 7 heteroatoms. The Morgan fingerprint density at radius 2 is 2.00 bits per heavy atom. The molecule has 0 aliphatic rings. The molecule has 0 saturated heterocycles. The van der Waals surface area contributed by atoms with Crippen LogP contribution in [0.5, 0.6) is 0 Å². The maximum Gasteiger partial charge on any atom is 0.335 e. The first kappa shape index (κ1) is 14.4. The van der Waals surface area contributed by atoms with Gasteiger partial charge >= 0.3 is 5.97 Å². The Kier molecular flexibility index (Phi) is 3.47. The largest absolute Gasteiger partial charge is 0.478 e. The highest BCUT2D eigenvalue weighted by molar-refractivity contribution is 7.14. The molecule has 1 aromatic carbocycles. The number of hydrogen-bond acceptors (Lipinski definition) is 5. The monoisotopic (exact) mass is 336 g/mol. The number of carboxylic acids is 1. The van der Waals surface area contributed by atoms with Gasteiger partial charge in [0.15, 0.2) is 5.13 Å². The summed E-state index contributed by atoms with van der Waals surface area (Å²) in [5, 5.41) is 14.8. The molecule has 0 amide bonds. The predicted octanol–water partition coefficient (Wildman–Crippen LogP) is 3.90. The Morgan fingerprint density at radius 1 is 1.17 bits per heavy atom. The summed E-state index contributed by atoms with van der Waals surface area (Å²) in [6.07, 6.45) is 3.75. The highest BCUT2D eigenvalue weighted by atomic mass is 32.1. The number of rotatable bonds is 4. The minimum absolute atomic E-state index is 0.256. The van der Waals surface area contributed by atoms with Crippen LogP contribution in [-0.2, 0) is 0 Å². The van der Waals surface area contributed by atoms with Crippen LogP contribution in [0.2, 0.25) is 0 Å². The molecule has 0 saturated carbocycles. The third-order valence-corrected chi connectivity index (χ3v) is 4.32. The molecule has 0 spiro atoms. The molecular weight excluding hydrogens is 324 g/mol. The number of aromatic nitrogens is 3. The van der Waals surface area contributed by atoms with E-state index in [1.807, 2.05) is 34.2 Å². The molecule has 4 rings (SSSR count). The van der Waals surface area contributed by atoms with Crippen LogP contribution in [0.25, 0.3) is 17.0 Å². The van der Waals surface area contributed by atoms with Crippen LogP contribution in [-0.4, -0.2) is 25.4 Å². The number of aromatic carboxylic acids is 1. The first-order valence-electron chi connectivity index (χ1n) is 7.19. The molecule has 118 valence electrons. The van der Waals surface area contributed by atoms with E-state index in [1.54, 1.807) is 30.5 Å². The van der Waals surface area contributed by atoms with Gasteiger partial charge in [0.2, 0.25) is 0 Å². The highest BCUT2D eigenvalue weighted by Crippen LogP contribution is 2.27. The van der Waals surface area contributed by atoms with Gasteiger partial charge in [0, 0.05) is 17.3 Å². The van der Waals surface area contributed by atoms with Gasteiger partial charge in [-0.1, -0.05) is 6.07 Å². The van der Waals surface area contributed by atoms with E-state index in [2.05, 4.69) is 15.3 Å². The minimum atomic E-state index is -0.939. The zero-order valence-electron chi connectivity index (χ0n) is 12.4. The summed E-state index contributed by atoms with van der Waals surface area (Å²) in [7, 11) is 0. The van der Waals surface area contributed by atoms with Crippen LogP contribution in [0, 0.1) is 0 Å². The summed E-state index contributed by atoms with van der Waals surface area (Å²) in [4.78, 5) is 19.8. The fourth-order valence-corrected chi connectivity index (χ4v) is 3.11. The van der Waals surface area contributed by atoms with Crippen molar-refractivity contribution < 1.29 is 9.90 Å². The van der Waals surface area contributed by atoms with E-state index in [9.17, 15) is 4.79 Å². The lowest BCUT2D eigenvalue weighted by Crippen LogP contribution is -1.96. The standard InChI is InChI=1S/C17H12N4O2S/c22-16(23)11-4-6-12(7-5-11)19-17-20-13(10-24-17)14-9-18-15-3-1-2-8-21(14)15/h1-10H,(H,19,20)(H,22,23). The third-order valence-electron chi connectivity index (χ3n) is 3.57. The van der Waals surface area contributed by atoms with Gasteiger partial charge in [-0.2, -0.15) is 0 Å². The summed E-state index contributed by atoms with van der Waals surface area (Å²) < 4.78 is 1.99. The molecule has 3 heterocycles. The van der Waals surface area contributed by atoms with Gasteiger partial charge in [0.25, 0.3) is 0 Å². The zero-order chi connectivity index (χ0) is 16.5. The number of pyridine rings is 1. The fraction of sp³-hybridized carbons (Fsp3) is 0. The Labute approximate surface area is 141 Å². The molecule has 2 N–H and O–H groups in total. The normalized spacial score (nSPS) is 10.8. The van der Waals surface area contributed by atoms with Crippen molar-refractivity contribution in [2.75, 3.05) is 5.32 Å². The molecule has 4 aromatic rings.